The van der Waals surface area contributed by atoms with E-state index in [0.29, 0.717) is 16.6 Å². The van der Waals surface area contributed by atoms with Crippen LogP contribution in [-0.4, -0.2) is 5.78 Å². The van der Waals surface area contributed by atoms with E-state index in [2.05, 4.69) is 41.5 Å². The Hall–Kier alpha value is -0.330. The molecular formula is C25H44O. The number of carbonyl (C=O) groups excluding carboxylic acids is 1. The van der Waals surface area contributed by atoms with E-state index >= 15 is 0 Å². The van der Waals surface area contributed by atoms with Crippen LogP contribution < -0.4 is 0 Å². The zero-order valence-electron chi connectivity index (χ0n) is 18.7. The number of fused-ring (bicyclic) bond motifs is 3. The topological polar surface area (TPSA) is 17.1 Å². The van der Waals surface area contributed by atoms with Crippen LogP contribution in [-0.2, 0) is 4.79 Å². The molecule has 0 heterocycles. The Labute approximate surface area is 163 Å². The molecule has 26 heavy (non-hydrogen) atoms. The van der Waals surface area contributed by atoms with Gasteiger partial charge in [0.1, 0.15) is 5.78 Å². The second kappa shape index (κ2) is 6.93. The smallest absolute Gasteiger partial charge is 0.133 e. The van der Waals surface area contributed by atoms with E-state index in [4.69, 9.17) is 0 Å². The minimum Gasteiger partial charge on any atom is -0.300 e. The standard InChI is InChI=1S/C25H44O/c1-8-21-20-11-14-23(5)16-17(2)10-9-13-25(23,7)22(20)12-15-24(21,6)18(3)19(4)26/h17-18,20-22H,8-16H2,1-7H3/t17?,18?,20?,21?,22?,23-,24?,25?/m1/s1. The highest BCUT2D eigenvalue weighted by molar-refractivity contribution is 5.78. The summed E-state index contributed by atoms with van der Waals surface area (Å²) in [5.74, 6) is 3.95. The molecule has 0 spiro atoms. The van der Waals surface area contributed by atoms with E-state index in [-0.39, 0.29) is 11.3 Å². The first-order valence-corrected chi connectivity index (χ1v) is 11.6. The Balaban J connectivity index is 1.95. The predicted octanol–water partition coefficient (Wildman–Crippen LogP) is 7.29. The summed E-state index contributed by atoms with van der Waals surface area (Å²) in [5, 5.41) is 0. The summed E-state index contributed by atoms with van der Waals surface area (Å²) in [6.45, 7) is 16.7. The van der Waals surface area contributed by atoms with Crippen molar-refractivity contribution in [2.75, 3.05) is 0 Å². The van der Waals surface area contributed by atoms with Gasteiger partial charge in [-0.15, -0.1) is 0 Å². The van der Waals surface area contributed by atoms with Crippen molar-refractivity contribution < 1.29 is 4.79 Å². The highest BCUT2D eigenvalue weighted by atomic mass is 16.1. The number of ketones is 1. The molecule has 0 aromatic heterocycles. The molecule has 0 bridgehead atoms. The maximum atomic E-state index is 12.3. The van der Waals surface area contributed by atoms with Gasteiger partial charge in [-0.05, 0) is 85.4 Å². The lowest BCUT2D eigenvalue weighted by Crippen LogP contribution is -2.57. The Kier molecular flexibility index (Phi) is 5.44. The van der Waals surface area contributed by atoms with Crippen molar-refractivity contribution in [3.05, 3.63) is 0 Å². The van der Waals surface area contributed by atoms with Crippen LogP contribution in [0.25, 0.3) is 0 Å². The molecule has 1 nitrogen and oxygen atoms in total. The molecule has 0 aliphatic heterocycles. The molecule has 150 valence electrons. The number of hydrogen-bond acceptors (Lipinski definition) is 1. The molecule has 3 aliphatic rings. The number of carbonyl (C=O) groups is 1. The molecule has 0 saturated heterocycles. The van der Waals surface area contributed by atoms with Crippen molar-refractivity contribution in [2.24, 2.45) is 45.8 Å². The first kappa shape index (κ1) is 20.4. The fraction of sp³-hybridized carbons (Fsp3) is 0.960. The van der Waals surface area contributed by atoms with E-state index in [0.717, 1.165) is 23.7 Å². The van der Waals surface area contributed by atoms with Gasteiger partial charge in [0.2, 0.25) is 0 Å². The monoisotopic (exact) mass is 360 g/mol. The van der Waals surface area contributed by atoms with Gasteiger partial charge in [-0.2, -0.15) is 0 Å². The van der Waals surface area contributed by atoms with Crippen molar-refractivity contribution in [1.82, 2.24) is 0 Å². The normalized spacial score (nSPS) is 50.3. The van der Waals surface area contributed by atoms with Gasteiger partial charge < -0.3 is 0 Å². The quantitative estimate of drug-likeness (QED) is 0.516. The van der Waals surface area contributed by atoms with Crippen LogP contribution in [0.3, 0.4) is 0 Å². The van der Waals surface area contributed by atoms with E-state index < -0.39 is 0 Å². The highest BCUT2D eigenvalue weighted by Gasteiger charge is 2.60. The van der Waals surface area contributed by atoms with Crippen molar-refractivity contribution in [3.63, 3.8) is 0 Å². The summed E-state index contributed by atoms with van der Waals surface area (Å²) in [7, 11) is 0. The van der Waals surface area contributed by atoms with Gasteiger partial charge in [-0.3, -0.25) is 4.79 Å². The molecule has 0 N–H and O–H groups in total. The van der Waals surface area contributed by atoms with Crippen molar-refractivity contribution in [3.8, 4) is 0 Å². The molecule has 1 heteroatoms. The zero-order valence-corrected chi connectivity index (χ0v) is 18.7. The molecule has 8 atom stereocenters. The fourth-order valence-corrected chi connectivity index (χ4v) is 8.33. The largest absolute Gasteiger partial charge is 0.300 e. The molecule has 3 aliphatic carbocycles. The summed E-state index contributed by atoms with van der Waals surface area (Å²) >= 11 is 0. The average Bonchev–Trinajstić information content (AvgIpc) is 2.69. The van der Waals surface area contributed by atoms with Crippen molar-refractivity contribution in [2.45, 2.75) is 106 Å². The zero-order chi connectivity index (χ0) is 19.3. The molecular weight excluding hydrogens is 316 g/mol. The lowest BCUT2D eigenvalue weighted by Gasteiger charge is -2.64. The third-order valence-electron chi connectivity index (χ3n) is 10.3. The number of rotatable bonds is 3. The number of hydrogen-bond donors (Lipinski definition) is 0. The van der Waals surface area contributed by atoms with Gasteiger partial charge in [0.05, 0.1) is 0 Å². The summed E-state index contributed by atoms with van der Waals surface area (Å²) in [4.78, 5) is 12.3. The SMILES string of the molecule is CCC1C2CC[C@]3(C)CC(C)CCCC3(C)C2CCC1(C)C(C)C(C)=O. The average molecular weight is 361 g/mol. The van der Waals surface area contributed by atoms with Crippen molar-refractivity contribution >= 4 is 5.78 Å². The Morgan fingerprint density at radius 3 is 2.38 bits per heavy atom. The maximum Gasteiger partial charge on any atom is 0.133 e. The maximum absolute atomic E-state index is 12.3. The van der Waals surface area contributed by atoms with Crippen LogP contribution in [0.5, 0.6) is 0 Å². The van der Waals surface area contributed by atoms with E-state index in [1.807, 2.05) is 6.92 Å². The van der Waals surface area contributed by atoms with Gasteiger partial charge in [-0.1, -0.05) is 60.8 Å². The van der Waals surface area contributed by atoms with E-state index in [1.165, 1.54) is 57.8 Å². The van der Waals surface area contributed by atoms with Crippen LogP contribution >= 0.6 is 0 Å². The van der Waals surface area contributed by atoms with Crippen LogP contribution in [0.15, 0.2) is 0 Å². The lowest BCUT2D eigenvalue weighted by atomic mass is 9.41. The van der Waals surface area contributed by atoms with Gasteiger partial charge in [0.15, 0.2) is 0 Å². The van der Waals surface area contributed by atoms with Crippen LogP contribution in [0.4, 0.5) is 0 Å². The number of Topliss-reactive ketones (excluding diaryl/α,β-unsaturated/α-hetero) is 1. The Bertz CT molecular complexity index is 538. The van der Waals surface area contributed by atoms with Gasteiger partial charge in [0.25, 0.3) is 0 Å². The first-order chi connectivity index (χ1) is 12.1. The summed E-state index contributed by atoms with van der Waals surface area (Å²) in [6, 6.07) is 0. The fourth-order valence-electron chi connectivity index (χ4n) is 8.33. The molecule has 0 aromatic rings. The van der Waals surface area contributed by atoms with E-state index in [1.54, 1.807) is 0 Å². The second-order valence-corrected chi connectivity index (χ2v) is 11.4. The van der Waals surface area contributed by atoms with Crippen molar-refractivity contribution in [1.29, 1.82) is 0 Å². The molecule has 3 fully saturated rings. The highest BCUT2D eigenvalue weighted by Crippen LogP contribution is 2.68. The first-order valence-electron chi connectivity index (χ1n) is 11.6. The molecule has 7 unspecified atom stereocenters. The third-order valence-corrected chi connectivity index (χ3v) is 10.3. The van der Waals surface area contributed by atoms with E-state index in [9.17, 15) is 4.79 Å². The summed E-state index contributed by atoms with van der Waals surface area (Å²) < 4.78 is 0. The van der Waals surface area contributed by atoms with Gasteiger partial charge in [-0.25, -0.2) is 0 Å². The summed E-state index contributed by atoms with van der Waals surface area (Å²) in [6.07, 6.45) is 12.4. The molecule has 3 rings (SSSR count). The Morgan fingerprint density at radius 1 is 1.08 bits per heavy atom. The van der Waals surface area contributed by atoms with Gasteiger partial charge in [0, 0.05) is 5.92 Å². The Morgan fingerprint density at radius 2 is 1.77 bits per heavy atom. The lowest BCUT2D eigenvalue weighted by molar-refractivity contribution is -0.156. The summed E-state index contributed by atoms with van der Waals surface area (Å²) in [5.41, 5.74) is 1.25. The molecule has 0 radical (unpaired) electrons. The molecule has 3 saturated carbocycles. The van der Waals surface area contributed by atoms with Crippen LogP contribution in [0.1, 0.15) is 106 Å². The molecule has 0 aromatic carbocycles. The predicted molar refractivity (Wildman–Crippen MR) is 111 cm³/mol. The van der Waals surface area contributed by atoms with Gasteiger partial charge >= 0.3 is 0 Å². The minimum atomic E-state index is 0.212. The van der Waals surface area contributed by atoms with Crippen LogP contribution in [0, 0.1) is 45.8 Å². The van der Waals surface area contributed by atoms with Crippen LogP contribution in [0.2, 0.25) is 0 Å². The third kappa shape index (κ3) is 2.91. The minimum absolute atomic E-state index is 0.212. The molecule has 0 amide bonds. The second-order valence-electron chi connectivity index (χ2n) is 11.4.